The first kappa shape index (κ1) is 16.3. The summed E-state index contributed by atoms with van der Waals surface area (Å²) in [6.45, 7) is 5.00. The summed E-state index contributed by atoms with van der Waals surface area (Å²) >= 11 is 0. The molecule has 2 aromatic rings. The fourth-order valence-corrected chi connectivity index (χ4v) is 2.90. The van der Waals surface area contributed by atoms with E-state index in [-0.39, 0.29) is 11.9 Å². The zero-order valence-corrected chi connectivity index (χ0v) is 14.0. The molecule has 0 amide bonds. The maximum Gasteiger partial charge on any atom is 0.202 e. The number of hydrogen-bond acceptors (Lipinski definition) is 6. The number of fused-ring (bicyclic) bond motifs is 1. The van der Waals surface area contributed by atoms with Gasteiger partial charge in [0, 0.05) is 6.54 Å². The van der Waals surface area contributed by atoms with Crippen molar-refractivity contribution in [3.63, 3.8) is 0 Å². The summed E-state index contributed by atoms with van der Waals surface area (Å²) in [6, 6.07) is 6.50. The number of oxime groups is 1. The minimum Gasteiger partial charge on any atom is -0.409 e. The number of hydrogen-bond donors (Lipinski definition) is 3. The van der Waals surface area contributed by atoms with Crippen LogP contribution in [-0.2, 0) is 6.42 Å². The lowest BCUT2D eigenvalue weighted by molar-refractivity contribution is 0.303. The number of unbranched alkanes of at least 4 members (excludes halogenated alkanes) is 2. The number of rotatable bonds is 7. The first-order valence-electron chi connectivity index (χ1n) is 8.37. The molecule has 128 valence electrons. The van der Waals surface area contributed by atoms with E-state index in [2.05, 4.69) is 58.1 Å². The molecule has 0 spiro atoms. The molecule has 7 nitrogen and oxygen atoms in total. The molecule has 7 heteroatoms. The molecule has 1 aliphatic carbocycles. The summed E-state index contributed by atoms with van der Waals surface area (Å²) in [5.74, 6) is 0.765. The van der Waals surface area contributed by atoms with Gasteiger partial charge in [-0.2, -0.15) is 0 Å². The second-order valence-electron chi connectivity index (χ2n) is 6.15. The van der Waals surface area contributed by atoms with Crippen molar-refractivity contribution >= 4 is 11.7 Å². The maximum atomic E-state index is 9.39. The van der Waals surface area contributed by atoms with Crippen molar-refractivity contribution in [3.05, 3.63) is 40.6 Å². The third kappa shape index (κ3) is 3.34. The molecular weight excluding hydrogens is 306 g/mol. The smallest absolute Gasteiger partial charge is 0.202 e. The Labute approximate surface area is 141 Å². The first-order valence-corrected chi connectivity index (χ1v) is 8.37. The predicted octanol–water partition coefficient (Wildman–Crippen LogP) is 3.00. The quantitative estimate of drug-likeness (QED) is 0.238. The summed E-state index contributed by atoms with van der Waals surface area (Å²) in [5.41, 5.74) is 4.15. The van der Waals surface area contributed by atoms with Crippen LogP contribution in [0.25, 0.3) is 0 Å². The van der Waals surface area contributed by atoms with Gasteiger partial charge in [-0.3, -0.25) is 0 Å². The van der Waals surface area contributed by atoms with Gasteiger partial charge in [0.1, 0.15) is 0 Å². The number of aromatic nitrogens is 2. The van der Waals surface area contributed by atoms with E-state index in [1.54, 1.807) is 0 Å². The number of anilines is 1. The number of benzene rings is 1. The molecule has 24 heavy (non-hydrogen) atoms. The van der Waals surface area contributed by atoms with Crippen molar-refractivity contribution in [2.75, 3.05) is 11.9 Å². The monoisotopic (exact) mass is 329 g/mol. The zero-order valence-electron chi connectivity index (χ0n) is 14.0. The van der Waals surface area contributed by atoms with Crippen molar-refractivity contribution < 1.29 is 9.84 Å². The maximum absolute atomic E-state index is 9.39. The Kier molecular flexibility index (Phi) is 4.98. The summed E-state index contributed by atoms with van der Waals surface area (Å²) in [6.07, 6.45) is 4.22. The lowest BCUT2D eigenvalue weighted by atomic mass is 9.82. The van der Waals surface area contributed by atoms with Crippen molar-refractivity contribution in [2.24, 2.45) is 5.16 Å². The molecule has 1 heterocycles. The highest BCUT2D eigenvalue weighted by atomic mass is 16.6. The van der Waals surface area contributed by atoms with Crippen LogP contribution >= 0.6 is 0 Å². The van der Waals surface area contributed by atoms with E-state index >= 15 is 0 Å². The molecule has 0 unspecified atom stereocenters. The zero-order chi connectivity index (χ0) is 16.9. The van der Waals surface area contributed by atoms with Crippen LogP contribution in [0.5, 0.6) is 0 Å². The molecule has 0 bridgehead atoms. The van der Waals surface area contributed by atoms with Crippen LogP contribution in [0.4, 0.5) is 5.82 Å². The van der Waals surface area contributed by atoms with E-state index in [0.717, 1.165) is 32.2 Å². The molecule has 0 aliphatic heterocycles. The molecule has 1 aromatic carbocycles. The summed E-state index contributed by atoms with van der Waals surface area (Å²) in [5, 5.41) is 26.9. The average molecular weight is 329 g/mol. The Balaban J connectivity index is 1.67. The Morgan fingerprint density at radius 1 is 1.38 bits per heavy atom. The Morgan fingerprint density at radius 2 is 2.25 bits per heavy atom. The Hall–Kier alpha value is -2.57. The molecule has 0 fully saturated rings. The van der Waals surface area contributed by atoms with Gasteiger partial charge in [-0.25, -0.2) is 4.63 Å². The van der Waals surface area contributed by atoms with E-state index < -0.39 is 0 Å². The van der Waals surface area contributed by atoms with Gasteiger partial charge in [-0.05, 0) is 41.2 Å². The number of nitrogens with one attached hydrogen (secondary N) is 2. The van der Waals surface area contributed by atoms with E-state index in [9.17, 15) is 5.21 Å². The van der Waals surface area contributed by atoms with Crippen molar-refractivity contribution in [1.82, 2.24) is 15.6 Å². The van der Waals surface area contributed by atoms with E-state index in [1.165, 1.54) is 16.7 Å². The van der Waals surface area contributed by atoms with Crippen LogP contribution in [0, 0.1) is 6.92 Å². The fraction of sp³-hybridized carbons (Fsp3) is 0.471. The summed E-state index contributed by atoms with van der Waals surface area (Å²) in [7, 11) is 0. The summed E-state index contributed by atoms with van der Waals surface area (Å²) in [4.78, 5) is 0. The van der Waals surface area contributed by atoms with Crippen LogP contribution in [-0.4, -0.2) is 27.9 Å². The van der Waals surface area contributed by atoms with Crippen LogP contribution in [0.2, 0.25) is 0 Å². The van der Waals surface area contributed by atoms with Gasteiger partial charge >= 0.3 is 0 Å². The molecule has 1 aliphatic rings. The van der Waals surface area contributed by atoms with Crippen molar-refractivity contribution in [2.45, 2.75) is 45.6 Å². The largest absolute Gasteiger partial charge is 0.409 e. The van der Waals surface area contributed by atoms with Crippen LogP contribution < -0.4 is 10.6 Å². The van der Waals surface area contributed by atoms with Gasteiger partial charge < -0.3 is 15.8 Å². The molecule has 0 radical (unpaired) electrons. The second kappa shape index (κ2) is 7.33. The predicted molar refractivity (Wildman–Crippen MR) is 91.4 cm³/mol. The molecule has 1 atom stereocenters. The van der Waals surface area contributed by atoms with Crippen molar-refractivity contribution in [3.8, 4) is 0 Å². The minimum absolute atomic E-state index is 0.107. The highest BCUT2D eigenvalue weighted by molar-refractivity contribution is 6.00. The van der Waals surface area contributed by atoms with Crippen LogP contribution in [0.3, 0.4) is 0 Å². The highest BCUT2D eigenvalue weighted by Gasteiger charge is 2.29. The summed E-state index contributed by atoms with van der Waals surface area (Å²) < 4.78 is 4.81. The minimum atomic E-state index is 0.107. The number of amidine groups is 1. The molecular formula is C17H23N5O2. The average Bonchev–Trinajstić information content (AvgIpc) is 3.03. The first-order chi connectivity index (χ1) is 11.7. The molecule has 3 rings (SSSR count). The van der Waals surface area contributed by atoms with Gasteiger partial charge in [0.25, 0.3) is 0 Å². The molecule has 3 N–H and O–H groups in total. The SMILES string of the molecule is CCCCCNc1nonc1/C(=N/O)N[C@H]1Cc2ccc(C)cc21. The topological polar surface area (TPSA) is 95.6 Å². The lowest BCUT2D eigenvalue weighted by Crippen LogP contribution is -2.36. The normalized spacial score (nSPS) is 16.4. The molecule has 0 saturated heterocycles. The number of nitrogens with zero attached hydrogens (tertiary/aromatic N) is 3. The van der Waals surface area contributed by atoms with Gasteiger partial charge in [0.05, 0.1) is 6.04 Å². The fourth-order valence-electron chi connectivity index (χ4n) is 2.90. The van der Waals surface area contributed by atoms with Crippen LogP contribution in [0.1, 0.15) is 54.6 Å². The van der Waals surface area contributed by atoms with Crippen LogP contribution in [0.15, 0.2) is 28.0 Å². The molecule has 1 aromatic heterocycles. The third-order valence-corrected chi connectivity index (χ3v) is 4.30. The van der Waals surface area contributed by atoms with E-state index in [4.69, 9.17) is 4.63 Å². The lowest BCUT2D eigenvalue weighted by Gasteiger charge is -2.31. The third-order valence-electron chi connectivity index (χ3n) is 4.30. The highest BCUT2D eigenvalue weighted by Crippen LogP contribution is 2.34. The Bertz CT molecular complexity index is 726. The van der Waals surface area contributed by atoms with Crippen molar-refractivity contribution in [1.29, 1.82) is 0 Å². The second-order valence-corrected chi connectivity index (χ2v) is 6.15. The number of aryl methyl sites for hydroxylation is 1. The van der Waals surface area contributed by atoms with Gasteiger partial charge in [0.15, 0.2) is 11.5 Å². The van der Waals surface area contributed by atoms with Gasteiger partial charge in [-0.15, -0.1) is 0 Å². The van der Waals surface area contributed by atoms with E-state index in [1.807, 2.05) is 0 Å². The van der Waals surface area contributed by atoms with Gasteiger partial charge in [-0.1, -0.05) is 48.7 Å². The standard InChI is InChI=1S/C17H23N5O2/c1-3-4-5-8-18-16-15(21-24-22-16)17(20-23)19-14-10-12-7-6-11(2)9-13(12)14/h6-7,9,14,23H,3-5,8,10H2,1-2H3,(H,18,22)(H,19,20)/t14-/m0/s1. The Morgan fingerprint density at radius 3 is 3.04 bits per heavy atom. The van der Waals surface area contributed by atoms with Gasteiger partial charge in [0.2, 0.25) is 5.82 Å². The molecule has 0 saturated carbocycles. The van der Waals surface area contributed by atoms with E-state index in [0.29, 0.717) is 11.5 Å².